The standard InChI is InChI=1S/C15H15N3O4/c1-21-13-7-3-2-5-11(13)9-17-18-15(20)14(19)16-10-12-6-4-8-22-12/h2-9H,10H2,1H3,(H,16,19)(H,18,20)/b17-9+. The van der Waals surface area contributed by atoms with E-state index in [-0.39, 0.29) is 6.54 Å². The van der Waals surface area contributed by atoms with Crippen molar-refractivity contribution in [1.29, 1.82) is 0 Å². The second kappa shape index (κ2) is 7.63. The molecule has 0 saturated carbocycles. The van der Waals surface area contributed by atoms with E-state index >= 15 is 0 Å². The van der Waals surface area contributed by atoms with Gasteiger partial charge in [-0.2, -0.15) is 5.10 Å². The minimum atomic E-state index is -0.863. The van der Waals surface area contributed by atoms with Crippen LogP contribution in [-0.4, -0.2) is 25.1 Å². The lowest BCUT2D eigenvalue weighted by atomic mass is 10.2. The number of para-hydroxylation sites is 1. The third-order valence-electron chi connectivity index (χ3n) is 2.72. The Morgan fingerprint density at radius 3 is 2.77 bits per heavy atom. The van der Waals surface area contributed by atoms with E-state index in [2.05, 4.69) is 15.8 Å². The fourth-order valence-electron chi connectivity index (χ4n) is 1.65. The maximum absolute atomic E-state index is 11.5. The van der Waals surface area contributed by atoms with Crippen molar-refractivity contribution in [3.05, 3.63) is 54.0 Å². The molecule has 0 unspecified atom stereocenters. The number of hydrogen-bond donors (Lipinski definition) is 2. The van der Waals surface area contributed by atoms with Gasteiger partial charge in [0.05, 0.1) is 26.1 Å². The Balaban J connectivity index is 1.83. The first kappa shape index (κ1) is 15.3. The molecule has 7 nitrogen and oxygen atoms in total. The van der Waals surface area contributed by atoms with E-state index in [1.165, 1.54) is 19.6 Å². The molecular formula is C15H15N3O4. The number of hydrazone groups is 1. The fourth-order valence-corrected chi connectivity index (χ4v) is 1.65. The molecule has 0 fully saturated rings. The topological polar surface area (TPSA) is 92.9 Å². The molecule has 22 heavy (non-hydrogen) atoms. The first-order valence-electron chi connectivity index (χ1n) is 6.47. The quantitative estimate of drug-likeness (QED) is 0.490. The van der Waals surface area contributed by atoms with E-state index < -0.39 is 11.8 Å². The summed E-state index contributed by atoms with van der Waals surface area (Å²) >= 11 is 0. The first-order valence-corrected chi connectivity index (χ1v) is 6.47. The summed E-state index contributed by atoms with van der Waals surface area (Å²) < 4.78 is 10.2. The van der Waals surface area contributed by atoms with Crippen molar-refractivity contribution in [3.63, 3.8) is 0 Å². The summed E-state index contributed by atoms with van der Waals surface area (Å²) in [4.78, 5) is 23.1. The Morgan fingerprint density at radius 2 is 2.05 bits per heavy atom. The molecule has 0 radical (unpaired) electrons. The van der Waals surface area contributed by atoms with Gasteiger partial charge in [-0.25, -0.2) is 5.43 Å². The number of nitrogens with zero attached hydrogens (tertiary/aromatic N) is 1. The smallest absolute Gasteiger partial charge is 0.329 e. The van der Waals surface area contributed by atoms with Gasteiger partial charge >= 0.3 is 11.8 Å². The number of ether oxygens (including phenoxy) is 1. The number of hydrogen-bond acceptors (Lipinski definition) is 5. The third-order valence-corrected chi connectivity index (χ3v) is 2.72. The highest BCUT2D eigenvalue weighted by molar-refractivity contribution is 6.35. The summed E-state index contributed by atoms with van der Waals surface area (Å²) in [5, 5.41) is 6.14. The van der Waals surface area contributed by atoms with Crippen molar-refractivity contribution in [1.82, 2.24) is 10.7 Å². The second-order valence-corrected chi connectivity index (χ2v) is 4.20. The number of benzene rings is 1. The molecule has 0 aliphatic rings. The van der Waals surface area contributed by atoms with Crippen molar-refractivity contribution >= 4 is 18.0 Å². The Kier molecular flexibility index (Phi) is 5.31. The van der Waals surface area contributed by atoms with Crippen LogP contribution in [0.3, 0.4) is 0 Å². The summed E-state index contributed by atoms with van der Waals surface area (Å²) in [6, 6.07) is 10.5. The van der Waals surface area contributed by atoms with Gasteiger partial charge in [-0.05, 0) is 24.3 Å². The van der Waals surface area contributed by atoms with Crippen LogP contribution in [0, 0.1) is 0 Å². The lowest BCUT2D eigenvalue weighted by Gasteiger charge is -2.03. The van der Waals surface area contributed by atoms with Crippen LogP contribution < -0.4 is 15.5 Å². The molecule has 2 rings (SSSR count). The van der Waals surface area contributed by atoms with E-state index in [0.29, 0.717) is 17.1 Å². The van der Waals surface area contributed by atoms with Gasteiger partial charge < -0.3 is 14.5 Å². The van der Waals surface area contributed by atoms with E-state index in [1.807, 2.05) is 12.1 Å². The number of carbonyl (C=O) groups is 2. The van der Waals surface area contributed by atoms with Crippen LogP contribution in [0.15, 0.2) is 52.2 Å². The van der Waals surface area contributed by atoms with E-state index in [0.717, 1.165) is 0 Å². The third kappa shape index (κ3) is 4.20. The Labute approximate surface area is 127 Å². The largest absolute Gasteiger partial charge is 0.496 e. The Bertz CT molecular complexity index is 665. The molecule has 1 aromatic heterocycles. The lowest BCUT2D eigenvalue weighted by molar-refractivity contribution is -0.139. The predicted octanol–water partition coefficient (Wildman–Crippen LogP) is 1.05. The summed E-state index contributed by atoms with van der Waals surface area (Å²) in [6.45, 7) is 0.134. The molecule has 7 heteroatoms. The number of nitrogens with one attached hydrogen (secondary N) is 2. The average Bonchev–Trinajstić information content (AvgIpc) is 3.06. The minimum Gasteiger partial charge on any atom is -0.496 e. The molecule has 114 valence electrons. The zero-order valence-corrected chi connectivity index (χ0v) is 11.9. The highest BCUT2D eigenvalue weighted by Gasteiger charge is 2.12. The van der Waals surface area contributed by atoms with Crippen LogP contribution >= 0.6 is 0 Å². The van der Waals surface area contributed by atoms with E-state index in [4.69, 9.17) is 9.15 Å². The maximum atomic E-state index is 11.5. The molecule has 2 aromatic rings. The molecular weight excluding hydrogens is 286 g/mol. The molecule has 0 saturated heterocycles. The Hall–Kier alpha value is -3.09. The molecule has 0 aliphatic heterocycles. The number of amides is 2. The average molecular weight is 301 g/mol. The molecule has 0 bridgehead atoms. The van der Waals surface area contributed by atoms with Gasteiger partial charge in [-0.1, -0.05) is 12.1 Å². The van der Waals surface area contributed by atoms with Gasteiger partial charge in [0.15, 0.2) is 0 Å². The highest BCUT2D eigenvalue weighted by atomic mass is 16.5. The van der Waals surface area contributed by atoms with Crippen LogP contribution in [0.5, 0.6) is 5.75 Å². The van der Waals surface area contributed by atoms with Gasteiger partial charge in [0.25, 0.3) is 0 Å². The van der Waals surface area contributed by atoms with Gasteiger partial charge in [0.2, 0.25) is 0 Å². The fraction of sp³-hybridized carbons (Fsp3) is 0.133. The van der Waals surface area contributed by atoms with Gasteiger partial charge in [0, 0.05) is 5.56 Å². The molecule has 1 heterocycles. The van der Waals surface area contributed by atoms with Crippen molar-refractivity contribution in [2.75, 3.05) is 7.11 Å². The van der Waals surface area contributed by atoms with Crippen LogP contribution in [0.2, 0.25) is 0 Å². The highest BCUT2D eigenvalue weighted by Crippen LogP contribution is 2.14. The molecule has 0 atom stereocenters. The molecule has 1 aromatic carbocycles. The van der Waals surface area contributed by atoms with Crippen molar-refractivity contribution in [2.45, 2.75) is 6.54 Å². The summed E-state index contributed by atoms with van der Waals surface area (Å²) in [6.07, 6.45) is 2.88. The van der Waals surface area contributed by atoms with Crippen LogP contribution in [-0.2, 0) is 16.1 Å². The summed E-state index contributed by atoms with van der Waals surface area (Å²) in [7, 11) is 1.54. The molecule has 0 aliphatic carbocycles. The second-order valence-electron chi connectivity index (χ2n) is 4.20. The predicted molar refractivity (Wildman–Crippen MR) is 79.3 cm³/mol. The number of furan rings is 1. The number of rotatable bonds is 5. The number of methoxy groups -OCH3 is 1. The molecule has 2 amide bonds. The first-order chi connectivity index (χ1) is 10.7. The monoisotopic (exact) mass is 301 g/mol. The van der Waals surface area contributed by atoms with Crippen LogP contribution in [0.4, 0.5) is 0 Å². The Morgan fingerprint density at radius 1 is 1.23 bits per heavy atom. The number of carbonyl (C=O) groups excluding carboxylic acids is 2. The maximum Gasteiger partial charge on any atom is 0.329 e. The summed E-state index contributed by atoms with van der Waals surface area (Å²) in [5.74, 6) is -0.493. The van der Waals surface area contributed by atoms with Crippen molar-refractivity contribution < 1.29 is 18.7 Å². The SMILES string of the molecule is COc1ccccc1/C=N/NC(=O)C(=O)NCc1ccco1. The van der Waals surface area contributed by atoms with E-state index in [9.17, 15) is 9.59 Å². The minimum absolute atomic E-state index is 0.134. The lowest BCUT2D eigenvalue weighted by Crippen LogP contribution is -2.37. The molecule has 0 spiro atoms. The van der Waals surface area contributed by atoms with Crippen LogP contribution in [0.1, 0.15) is 11.3 Å². The molecule has 2 N–H and O–H groups in total. The zero-order chi connectivity index (χ0) is 15.8. The zero-order valence-electron chi connectivity index (χ0n) is 11.9. The van der Waals surface area contributed by atoms with Crippen molar-refractivity contribution in [2.24, 2.45) is 5.10 Å². The summed E-state index contributed by atoms with van der Waals surface area (Å²) in [5.41, 5.74) is 2.83. The van der Waals surface area contributed by atoms with Crippen molar-refractivity contribution in [3.8, 4) is 5.75 Å². The van der Waals surface area contributed by atoms with E-state index in [1.54, 1.807) is 24.3 Å². The van der Waals surface area contributed by atoms with Gasteiger partial charge in [0.1, 0.15) is 11.5 Å². The normalized spacial score (nSPS) is 10.4. The van der Waals surface area contributed by atoms with Gasteiger partial charge in [-0.3, -0.25) is 9.59 Å². The van der Waals surface area contributed by atoms with Crippen LogP contribution in [0.25, 0.3) is 0 Å². The van der Waals surface area contributed by atoms with Gasteiger partial charge in [-0.15, -0.1) is 0 Å².